The molecule has 3 nitrogen and oxygen atoms in total. The summed E-state index contributed by atoms with van der Waals surface area (Å²) >= 11 is 0. The van der Waals surface area contributed by atoms with Gasteiger partial charge in [-0.1, -0.05) is 25.7 Å². The summed E-state index contributed by atoms with van der Waals surface area (Å²) in [5.74, 6) is 2.81. The van der Waals surface area contributed by atoms with Crippen molar-refractivity contribution in [3.63, 3.8) is 0 Å². The van der Waals surface area contributed by atoms with Crippen molar-refractivity contribution in [2.45, 2.75) is 96.4 Å². The molecule has 2 rings (SSSR count). The lowest BCUT2D eigenvalue weighted by Crippen LogP contribution is -2.30. The second-order valence-electron chi connectivity index (χ2n) is 7.82. The van der Waals surface area contributed by atoms with Crippen molar-refractivity contribution >= 4 is 0 Å². The van der Waals surface area contributed by atoms with E-state index in [2.05, 4.69) is 6.92 Å². The van der Waals surface area contributed by atoms with Gasteiger partial charge in [-0.25, -0.2) is 0 Å². The van der Waals surface area contributed by atoms with Crippen molar-refractivity contribution in [2.24, 2.45) is 29.2 Å². The van der Waals surface area contributed by atoms with Crippen LogP contribution in [-0.2, 0) is 4.74 Å². The van der Waals surface area contributed by atoms with Gasteiger partial charge < -0.3 is 16.2 Å². The first kappa shape index (κ1) is 17.2. The van der Waals surface area contributed by atoms with E-state index in [1.807, 2.05) is 6.92 Å². The minimum absolute atomic E-state index is 0.105. The molecule has 2 fully saturated rings. The number of nitrogens with two attached hydrogens (primary N) is 2. The summed E-state index contributed by atoms with van der Waals surface area (Å²) in [5, 5.41) is 0. The summed E-state index contributed by atoms with van der Waals surface area (Å²) in [5.41, 5.74) is 11.7. The average molecular weight is 296 g/mol. The monoisotopic (exact) mass is 296 g/mol. The zero-order valence-corrected chi connectivity index (χ0v) is 14.1. The highest BCUT2D eigenvalue weighted by Gasteiger charge is 2.27. The molecule has 2 unspecified atom stereocenters. The fraction of sp³-hybridized carbons (Fsp3) is 1.00. The molecule has 0 radical (unpaired) electrons. The highest BCUT2D eigenvalue weighted by molar-refractivity contribution is 4.80. The third-order valence-corrected chi connectivity index (χ3v) is 5.54. The van der Waals surface area contributed by atoms with Crippen LogP contribution in [0.5, 0.6) is 0 Å². The molecule has 4 N–H and O–H groups in total. The number of rotatable bonds is 6. The Morgan fingerprint density at radius 3 is 1.76 bits per heavy atom. The molecule has 0 heterocycles. The zero-order valence-electron chi connectivity index (χ0n) is 14.1. The van der Waals surface area contributed by atoms with Gasteiger partial charge in [0.05, 0.1) is 6.10 Å². The van der Waals surface area contributed by atoms with Crippen LogP contribution in [0.4, 0.5) is 0 Å². The largest absolute Gasteiger partial charge is 0.361 e. The normalized spacial score (nSPS) is 37.1. The van der Waals surface area contributed by atoms with Crippen LogP contribution in [0.1, 0.15) is 78.1 Å². The van der Waals surface area contributed by atoms with Crippen molar-refractivity contribution < 1.29 is 4.74 Å². The molecule has 0 saturated heterocycles. The van der Waals surface area contributed by atoms with E-state index in [4.69, 9.17) is 16.2 Å². The zero-order chi connectivity index (χ0) is 15.2. The average Bonchev–Trinajstić information content (AvgIpc) is 2.42. The molecule has 0 spiro atoms. The molecule has 2 atom stereocenters. The van der Waals surface area contributed by atoms with Gasteiger partial charge in [-0.2, -0.15) is 0 Å². The third kappa shape index (κ3) is 6.25. The number of hydrogen-bond acceptors (Lipinski definition) is 3. The van der Waals surface area contributed by atoms with Gasteiger partial charge in [0.25, 0.3) is 0 Å². The van der Waals surface area contributed by atoms with Gasteiger partial charge in [-0.3, -0.25) is 0 Å². The van der Waals surface area contributed by atoms with Crippen LogP contribution in [0.3, 0.4) is 0 Å². The fourth-order valence-corrected chi connectivity index (χ4v) is 4.51. The van der Waals surface area contributed by atoms with E-state index in [1.54, 1.807) is 0 Å². The second kappa shape index (κ2) is 8.50. The molecule has 0 aliphatic heterocycles. The van der Waals surface area contributed by atoms with E-state index in [1.165, 1.54) is 64.2 Å². The molecule has 0 aromatic rings. The van der Waals surface area contributed by atoms with Crippen molar-refractivity contribution in [3.05, 3.63) is 0 Å². The van der Waals surface area contributed by atoms with E-state index in [0.29, 0.717) is 12.1 Å². The van der Waals surface area contributed by atoms with Crippen LogP contribution in [0.15, 0.2) is 0 Å². The van der Waals surface area contributed by atoms with Crippen LogP contribution >= 0.6 is 0 Å². The quantitative estimate of drug-likeness (QED) is 0.733. The van der Waals surface area contributed by atoms with Crippen LogP contribution < -0.4 is 11.5 Å². The van der Waals surface area contributed by atoms with E-state index in [-0.39, 0.29) is 6.23 Å². The summed E-state index contributed by atoms with van der Waals surface area (Å²) < 4.78 is 5.75. The third-order valence-electron chi connectivity index (χ3n) is 5.54. The smallest absolute Gasteiger partial charge is 0.103 e. The Kier molecular flexibility index (Phi) is 6.97. The standard InChI is InChI=1S/C18H36N2O/c1-13(19)11-15-3-5-16(6-4-15)12-17-7-9-18(10-8-17)21-14(2)20/h13-18H,3-12,19-20H2,1-2H3. The SMILES string of the molecule is CC(N)CC1CCC(CC2CCC(OC(C)N)CC2)CC1. The minimum atomic E-state index is -0.105. The predicted octanol–water partition coefficient (Wildman–Crippen LogP) is 3.80. The van der Waals surface area contributed by atoms with E-state index in [9.17, 15) is 0 Å². The molecular weight excluding hydrogens is 260 g/mol. The molecule has 0 bridgehead atoms. The number of hydrogen-bond donors (Lipinski definition) is 2. The van der Waals surface area contributed by atoms with Crippen molar-refractivity contribution in [1.29, 1.82) is 0 Å². The van der Waals surface area contributed by atoms with Crippen molar-refractivity contribution in [1.82, 2.24) is 0 Å². The molecule has 0 aromatic carbocycles. The van der Waals surface area contributed by atoms with Crippen LogP contribution in [0.2, 0.25) is 0 Å². The summed E-state index contributed by atoms with van der Waals surface area (Å²) in [6.07, 6.45) is 13.8. The first-order chi connectivity index (χ1) is 10.0. The van der Waals surface area contributed by atoms with Crippen LogP contribution in [0.25, 0.3) is 0 Å². The maximum atomic E-state index is 5.93. The molecule has 2 aliphatic carbocycles. The highest BCUT2D eigenvalue weighted by Crippen LogP contribution is 2.38. The molecule has 0 aromatic heterocycles. The van der Waals surface area contributed by atoms with Crippen molar-refractivity contribution in [3.8, 4) is 0 Å². The summed E-state index contributed by atoms with van der Waals surface area (Å²) in [4.78, 5) is 0. The predicted molar refractivity (Wildman–Crippen MR) is 88.8 cm³/mol. The molecule has 2 saturated carbocycles. The molecule has 2 aliphatic rings. The van der Waals surface area contributed by atoms with Gasteiger partial charge >= 0.3 is 0 Å². The molecule has 21 heavy (non-hydrogen) atoms. The van der Waals surface area contributed by atoms with Gasteiger partial charge in [0.2, 0.25) is 0 Å². The molecule has 124 valence electrons. The molecule has 0 amide bonds. The lowest BCUT2D eigenvalue weighted by Gasteiger charge is -2.34. The van der Waals surface area contributed by atoms with E-state index in [0.717, 1.165) is 17.8 Å². The van der Waals surface area contributed by atoms with Gasteiger partial charge in [-0.05, 0) is 70.1 Å². The summed E-state index contributed by atoms with van der Waals surface area (Å²) in [6.45, 7) is 4.08. The Bertz CT molecular complexity index is 249. The van der Waals surface area contributed by atoms with Crippen LogP contribution in [0, 0.1) is 17.8 Å². The first-order valence-corrected chi connectivity index (χ1v) is 9.19. The Balaban J connectivity index is 1.61. The van der Waals surface area contributed by atoms with E-state index >= 15 is 0 Å². The Hall–Kier alpha value is -0.120. The Labute approximate surface area is 131 Å². The topological polar surface area (TPSA) is 61.3 Å². The fourth-order valence-electron chi connectivity index (χ4n) is 4.51. The van der Waals surface area contributed by atoms with Gasteiger partial charge in [0.15, 0.2) is 0 Å². The molecule has 3 heteroatoms. The van der Waals surface area contributed by atoms with Gasteiger partial charge in [0, 0.05) is 6.04 Å². The van der Waals surface area contributed by atoms with Gasteiger partial charge in [0.1, 0.15) is 6.23 Å². The lowest BCUT2D eigenvalue weighted by molar-refractivity contribution is -0.0271. The lowest BCUT2D eigenvalue weighted by atomic mass is 9.73. The minimum Gasteiger partial charge on any atom is -0.361 e. The van der Waals surface area contributed by atoms with Crippen LogP contribution in [-0.4, -0.2) is 18.4 Å². The molecular formula is C18H36N2O. The maximum absolute atomic E-state index is 5.93. The first-order valence-electron chi connectivity index (χ1n) is 9.19. The Morgan fingerprint density at radius 1 is 0.810 bits per heavy atom. The van der Waals surface area contributed by atoms with Gasteiger partial charge in [-0.15, -0.1) is 0 Å². The van der Waals surface area contributed by atoms with Crippen molar-refractivity contribution in [2.75, 3.05) is 0 Å². The number of ether oxygens (including phenoxy) is 1. The van der Waals surface area contributed by atoms with E-state index < -0.39 is 0 Å². The summed E-state index contributed by atoms with van der Waals surface area (Å²) in [7, 11) is 0. The summed E-state index contributed by atoms with van der Waals surface area (Å²) in [6, 6.07) is 0.381. The second-order valence-corrected chi connectivity index (χ2v) is 7.82. The Morgan fingerprint density at radius 2 is 1.29 bits per heavy atom. The maximum Gasteiger partial charge on any atom is 0.103 e. The highest BCUT2D eigenvalue weighted by atomic mass is 16.5.